The highest BCUT2D eigenvalue weighted by Crippen LogP contribution is 2.41. The Morgan fingerprint density at radius 2 is 1.92 bits per heavy atom. The van der Waals surface area contributed by atoms with Crippen molar-refractivity contribution in [2.75, 3.05) is 0 Å². The Labute approximate surface area is 220 Å². The van der Waals surface area contributed by atoms with Crippen LogP contribution in [-0.2, 0) is 11.3 Å². The first-order chi connectivity index (χ1) is 18.3. The van der Waals surface area contributed by atoms with E-state index in [1.807, 2.05) is 6.92 Å². The van der Waals surface area contributed by atoms with Gasteiger partial charge in [0.05, 0.1) is 42.3 Å². The van der Waals surface area contributed by atoms with Gasteiger partial charge in [-0.05, 0) is 50.3 Å². The van der Waals surface area contributed by atoms with Crippen molar-refractivity contribution in [2.24, 2.45) is 5.92 Å². The molecular formula is C25H30F5N7O2. The second-order valence-corrected chi connectivity index (χ2v) is 9.87. The Balaban J connectivity index is 1.55. The van der Waals surface area contributed by atoms with Crippen LogP contribution in [0.15, 0.2) is 24.4 Å². The Hall–Kier alpha value is -3.58. The molecular weight excluding hydrogens is 525 g/mol. The maximum atomic E-state index is 13.9. The number of aromatic amines is 1. The quantitative estimate of drug-likeness (QED) is 0.322. The number of nitrogens with zero attached hydrogens (tertiary/aromatic N) is 4. The summed E-state index contributed by atoms with van der Waals surface area (Å²) in [7, 11) is 0. The molecule has 9 nitrogen and oxygen atoms in total. The number of nitrogens with one attached hydrogen (secondary N) is 3. The molecule has 4 rings (SSSR count). The average Bonchev–Trinajstić information content (AvgIpc) is 3.52. The van der Waals surface area contributed by atoms with Crippen LogP contribution < -0.4 is 10.6 Å². The second kappa shape index (κ2) is 11.3. The molecule has 0 bridgehead atoms. The van der Waals surface area contributed by atoms with Crippen molar-refractivity contribution >= 4 is 22.8 Å². The van der Waals surface area contributed by atoms with Gasteiger partial charge in [-0.3, -0.25) is 9.59 Å². The topological polar surface area (TPSA) is 118 Å². The van der Waals surface area contributed by atoms with Crippen LogP contribution in [0.5, 0.6) is 0 Å². The minimum atomic E-state index is -4.42. The minimum Gasteiger partial charge on any atom is -0.350 e. The van der Waals surface area contributed by atoms with Gasteiger partial charge in [0, 0.05) is 19.3 Å². The summed E-state index contributed by atoms with van der Waals surface area (Å²) >= 11 is 0. The molecule has 0 unspecified atom stereocenters. The summed E-state index contributed by atoms with van der Waals surface area (Å²) < 4.78 is 65.0. The van der Waals surface area contributed by atoms with Crippen molar-refractivity contribution < 1.29 is 31.5 Å². The van der Waals surface area contributed by atoms with Gasteiger partial charge >= 0.3 is 6.18 Å². The van der Waals surface area contributed by atoms with Crippen molar-refractivity contribution in [1.82, 2.24) is 35.6 Å². The van der Waals surface area contributed by atoms with Crippen molar-refractivity contribution in [1.29, 1.82) is 0 Å². The molecule has 39 heavy (non-hydrogen) atoms. The molecule has 2 atom stereocenters. The molecule has 1 aromatic carbocycles. The standard InChI is InChI=1S/C25H30F5N7O2/c1-3-37-31-13-19(36-37)23(39)35-21(15-6-9-24(26,27)10-7-15)22-33-17-5-4-16(12-18(17)34-22)14(2)32-20(38)8-11-25(28,29)30/h4-5,12-15,21H,3,6-11H2,1-2H3,(H,32,38)(H,33,34)(H,35,39)/t14-,21+/m1/s1. The van der Waals surface area contributed by atoms with Crippen LogP contribution in [0.3, 0.4) is 0 Å². The molecule has 0 saturated heterocycles. The Kier molecular flexibility index (Phi) is 8.21. The largest absolute Gasteiger partial charge is 0.389 e. The maximum Gasteiger partial charge on any atom is 0.389 e. The normalized spacial score (nSPS) is 17.6. The SMILES string of the molecule is CCn1ncc(C(=O)N[C@H](c2nc3ccc([C@@H](C)NC(=O)CCC(F)(F)F)cc3[nH]2)C2CCC(F)(F)CC2)n1. The third-order valence-electron chi connectivity index (χ3n) is 6.90. The lowest BCUT2D eigenvalue weighted by Gasteiger charge is -2.33. The smallest absolute Gasteiger partial charge is 0.350 e. The number of fused-ring (bicyclic) bond motifs is 1. The summed E-state index contributed by atoms with van der Waals surface area (Å²) in [4.78, 5) is 34.1. The molecule has 1 aliphatic carbocycles. The highest BCUT2D eigenvalue weighted by Gasteiger charge is 2.39. The van der Waals surface area contributed by atoms with Gasteiger partial charge in [-0.2, -0.15) is 23.1 Å². The van der Waals surface area contributed by atoms with E-state index in [0.717, 1.165) is 0 Å². The molecule has 2 amide bonds. The van der Waals surface area contributed by atoms with Crippen LogP contribution >= 0.6 is 0 Å². The summed E-state index contributed by atoms with van der Waals surface area (Å²) in [6, 6.07) is 3.82. The maximum absolute atomic E-state index is 13.9. The van der Waals surface area contributed by atoms with Crippen molar-refractivity contribution in [3.63, 3.8) is 0 Å². The Bertz CT molecular complexity index is 1310. The second-order valence-electron chi connectivity index (χ2n) is 9.87. The Morgan fingerprint density at radius 3 is 2.56 bits per heavy atom. The van der Waals surface area contributed by atoms with Gasteiger partial charge in [0.1, 0.15) is 5.82 Å². The number of imidazole rings is 1. The molecule has 0 aliphatic heterocycles. The first kappa shape index (κ1) is 28.4. The van der Waals surface area contributed by atoms with E-state index in [1.54, 1.807) is 25.1 Å². The van der Waals surface area contributed by atoms with Gasteiger partial charge in [0.2, 0.25) is 11.8 Å². The molecule has 2 heterocycles. The van der Waals surface area contributed by atoms with E-state index in [1.165, 1.54) is 11.0 Å². The summed E-state index contributed by atoms with van der Waals surface area (Å²) in [5, 5.41) is 13.6. The highest BCUT2D eigenvalue weighted by molar-refractivity contribution is 5.92. The van der Waals surface area contributed by atoms with Crippen molar-refractivity contribution in [2.45, 2.75) is 83.1 Å². The summed E-state index contributed by atoms with van der Waals surface area (Å²) in [6.45, 7) is 3.95. The number of alkyl halides is 5. The number of carbonyl (C=O) groups excluding carboxylic acids is 2. The van der Waals surface area contributed by atoms with Crippen LogP contribution in [0, 0.1) is 5.92 Å². The molecule has 1 fully saturated rings. The van der Waals surface area contributed by atoms with E-state index in [0.29, 0.717) is 29.0 Å². The van der Waals surface area contributed by atoms with Crippen molar-refractivity contribution in [3.8, 4) is 0 Å². The van der Waals surface area contributed by atoms with E-state index < -0.39 is 48.8 Å². The number of aryl methyl sites for hydroxylation is 1. The molecule has 3 aromatic rings. The fraction of sp³-hybridized carbons (Fsp3) is 0.560. The highest BCUT2D eigenvalue weighted by atomic mass is 19.4. The van der Waals surface area contributed by atoms with E-state index in [-0.39, 0.29) is 37.3 Å². The third kappa shape index (κ3) is 7.30. The molecule has 3 N–H and O–H groups in total. The van der Waals surface area contributed by atoms with Gasteiger partial charge in [-0.1, -0.05) is 6.07 Å². The fourth-order valence-corrected chi connectivity index (χ4v) is 4.69. The van der Waals surface area contributed by atoms with Gasteiger partial charge in [-0.15, -0.1) is 5.10 Å². The van der Waals surface area contributed by atoms with Crippen molar-refractivity contribution in [3.05, 3.63) is 41.5 Å². The number of amides is 2. The molecule has 14 heteroatoms. The third-order valence-corrected chi connectivity index (χ3v) is 6.90. The van der Waals surface area contributed by atoms with Gasteiger partial charge in [0.15, 0.2) is 5.69 Å². The number of benzene rings is 1. The zero-order valence-corrected chi connectivity index (χ0v) is 21.5. The number of hydrogen-bond acceptors (Lipinski definition) is 5. The number of rotatable bonds is 9. The van der Waals surface area contributed by atoms with E-state index in [2.05, 4.69) is 30.8 Å². The molecule has 1 saturated carbocycles. The minimum absolute atomic E-state index is 0.0940. The van der Waals surface area contributed by atoms with Gasteiger partial charge in [-0.25, -0.2) is 13.8 Å². The van der Waals surface area contributed by atoms with Crippen LogP contribution in [0.2, 0.25) is 0 Å². The van der Waals surface area contributed by atoms with Gasteiger partial charge < -0.3 is 15.6 Å². The summed E-state index contributed by atoms with van der Waals surface area (Å²) in [6.07, 6.45) is -5.19. The summed E-state index contributed by atoms with van der Waals surface area (Å²) in [5.74, 6) is -3.90. The fourth-order valence-electron chi connectivity index (χ4n) is 4.69. The van der Waals surface area contributed by atoms with E-state index in [4.69, 9.17) is 0 Å². The van der Waals surface area contributed by atoms with Crippen LogP contribution in [-0.4, -0.2) is 48.9 Å². The number of H-pyrrole nitrogens is 1. The molecule has 0 spiro atoms. The van der Waals surface area contributed by atoms with E-state index >= 15 is 0 Å². The van der Waals surface area contributed by atoms with Crippen LogP contribution in [0.1, 0.15) is 86.3 Å². The van der Waals surface area contributed by atoms with E-state index in [9.17, 15) is 31.5 Å². The molecule has 212 valence electrons. The summed E-state index contributed by atoms with van der Waals surface area (Å²) in [5.41, 5.74) is 1.83. The lowest BCUT2D eigenvalue weighted by Crippen LogP contribution is -2.38. The number of aromatic nitrogens is 5. The Morgan fingerprint density at radius 1 is 1.21 bits per heavy atom. The number of hydrogen-bond donors (Lipinski definition) is 3. The van der Waals surface area contributed by atoms with Crippen LogP contribution in [0.4, 0.5) is 22.0 Å². The predicted octanol–water partition coefficient (Wildman–Crippen LogP) is 4.99. The first-order valence-corrected chi connectivity index (χ1v) is 12.8. The molecule has 2 aromatic heterocycles. The lowest BCUT2D eigenvalue weighted by atomic mass is 9.81. The zero-order chi connectivity index (χ0) is 28.4. The number of carbonyl (C=O) groups is 2. The lowest BCUT2D eigenvalue weighted by molar-refractivity contribution is -0.144. The number of halogens is 5. The van der Waals surface area contributed by atoms with Crippen LogP contribution in [0.25, 0.3) is 11.0 Å². The molecule has 0 radical (unpaired) electrons. The monoisotopic (exact) mass is 555 g/mol. The van der Waals surface area contributed by atoms with Gasteiger partial charge in [0.25, 0.3) is 5.91 Å². The molecule has 1 aliphatic rings. The predicted molar refractivity (Wildman–Crippen MR) is 131 cm³/mol. The zero-order valence-electron chi connectivity index (χ0n) is 21.5. The average molecular weight is 556 g/mol. The first-order valence-electron chi connectivity index (χ1n) is 12.8.